The van der Waals surface area contributed by atoms with Crippen LogP contribution in [0.1, 0.15) is 41.6 Å². The maximum atomic E-state index is 11.9. The van der Waals surface area contributed by atoms with E-state index in [1.165, 1.54) is 0 Å². The highest BCUT2D eigenvalue weighted by Gasteiger charge is 2.18. The van der Waals surface area contributed by atoms with Crippen LogP contribution in [0.3, 0.4) is 0 Å². The molecule has 2 rings (SSSR count). The van der Waals surface area contributed by atoms with Gasteiger partial charge in [0, 0.05) is 11.7 Å². The summed E-state index contributed by atoms with van der Waals surface area (Å²) in [6.45, 7) is 5.64. The molecule has 0 aliphatic carbocycles. The molecule has 1 N–H and O–H groups in total. The zero-order valence-electron chi connectivity index (χ0n) is 10.8. The minimum atomic E-state index is -0.644. The normalized spacial score (nSPS) is 12.7. The molecule has 0 bridgehead atoms. The second-order valence-corrected chi connectivity index (χ2v) is 4.27. The van der Waals surface area contributed by atoms with Gasteiger partial charge in [-0.05, 0) is 44.5 Å². The second-order valence-electron chi connectivity index (χ2n) is 4.27. The maximum Gasteiger partial charge on any atom is 0.338 e. The largest absolute Gasteiger partial charge is 0.462 e. The molecule has 0 amide bonds. The molecule has 0 aliphatic rings. The SMILES string of the molecule is CCOC(=O)c1cc2cccn2c(C(C)O)c1C. The van der Waals surface area contributed by atoms with Crippen molar-refractivity contribution >= 4 is 11.5 Å². The van der Waals surface area contributed by atoms with Gasteiger partial charge in [0.15, 0.2) is 0 Å². The fraction of sp³-hybridized carbons (Fsp3) is 0.357. The van der Waals surface area contributed by atoms with Gasteiger partial charge in [-0.3, -0.25) is 0 Å². The summed E-state index contributed by atoms with van der Waals surface area (Å²) in [6, 6.07) is 5.57. The molecule has 4 heteroatoms. The lowest BCUT2D eigenvalue weighted by Gasteiger charge is -2.16. The van der Waals surface area contributed by atoms with Crippen molar-refractivity contribution in [2.24, 2.45) is 0 Å². The topological polar surface area (TPSA) is 50.9 Å². The molecule has 0 aromatic carbocycles. The van der Waals surface area contributed by atoms with Gasteiger partial charge in [-0.2, -0.15) is 0 Å². The van der Waals surface area contributed by atoms with Crippen LogP contribution < -0.4 is 0 Å². The van der Waals surface area contributed by atoms with Gasteiger partial charge in [0.2, 0.25) is 0 Å². The van der Waals surface area contributed by atoms with Crippen molar-refractivity contribution in [2.75, 3.05) is 6.61 Å². The van der Waals surface area contributed by atoms with Crippen LogP contribution in [0.2, 0.25) is 0 Å². The third kappa shape index (κ3) is 1.99. The van der Waals surface area contributed by atoms with Gasteiger partial charge in [0.1, 0.15) is 0 Å². The Balaban J connectivity index is 2.68. The molecule has 0 saturated heterocycles. The summed E-state index contributed by atoms with van der Waals surface area (Å²) in [5.74, 6) is -0.347. The molecule has 0 aliphatic heterocycles. The minimum Gasteiger partial charge on any atom is -0.462 e. The van der Waals surface area contributed by atoms with Crippen LogP contribution in [-0.4, -0.2) is 22.1 Å². The van der Waals surface area contributed by atoms with Crippen LogP contribution in [0.15, 0.2) is 24.4 Å². The molecule has 1 atom stereocenters. The predicted octanol–water partition coefficient (Wildman–Crippen LogP) is 2.48. The monoisotopic (exact) mass is 247 g/mol. The third-order valence-corrected chi connectivity index (χ3v) is 3.01. The number of fused-ring (bicyclic) bond motifs is 1. The van der Waals surface area contributed by atoms with Crippen molar-refractivity contribution in [2.45, 2.75) is 26.9 Å². The molecular formula is C14H17NO3. The molecule has 0 spiro atoms. The van der Waals surface area contributed by atoms with Crippen LogP contribution in [0.5, 0.6) is 0 Å². The molecule has 18 heavy (non-hydrogen) atoms. The lowest BCUT2D eigenvalue weighted by Crippen LogP contribution is -2.12. The van der Waals surface area contributed by atoms with Crippen LogP contribution in [0, 0.1) is 6.92 Å². The summed E-state index contributed by atoms with van der Waals surface area (Å²) < 4.78 is 6.93. The first-order valence-corrected chi connectivity index (χ1v) is 6.02. The number of esters is 1. The molecular weight excluding hydrogens is 230 g/mol. The summed E-state index contributed by atoms with van der Waals surface area (Å²) in [7, 11) is 0. The van der Waals surface area contributed by atoms with Crippen LogP contribution >= 0.6 is 0 Å². The third-order valence-electron chi connectivity index (χ3n) is 3.01. The lowest BCUT2D eigenvalue weighted by atomic mass is 10.0. The molecule has 0 radical (unpaired) electrons. The van der Waals surface area contributed by atoms with E-state index < -0.39 is 6.10 Å². The highest BCUT2D eigenvalue weighted by atomic mass is 16.5. The molecule has 96 valence electrons. The summed E-state index contributed by atoms with van der Waals surface area (Å²) in [6.07, 6.45) is 1.23. The van der Waals surface area contributed by atoms with Gasteiger partial charge >= 0.3 is 5.97 Å². The van der Waals surface area contributed by atoms with Crippen molar-refractivity contribution in [3.8, 4) is 0 Å². The fourth-order valence-electron chi connectivity index (χ4n) is 2.24. The lowest BCUT2D eigenvalue weighted by molar-refractivity contribution is 0.0525. The van der Waals surface area contributed by atoms with E-state index in [2.05, 4.69) is 0 Å². The zero-order chi connectivity index (χ0) is 13.3. The number of hydrogen-bond acceptors (Lipinski definition) is 3. The van der Waals surface area contributed by atoms with Crippen LogP contribution in [0.4, 0.5) is 0 Å². The maximum absolute atomic E-state index is 11.9. The Morgan fingerprint density at radius 2 is 2.28 bits per heavy atom. The number of nitrogens with zero attached hydrogens (tertiary/aromatic N) is 1. The van der Waals surface area contributed by atoms with E-state index in [-0.39, 0.29) is 5.97 Å². The molecule has 2 aromatic rings. The number of aliphatic hydroxyl groups excluding tert-OH is 1. The minimum absolute atomic E-state index is 0.342. The number of carbonyl (C=O) groups excluding carboxylic acids is 1. The Morgan fingerprint density at radius 3 is 2.89 bits per heavy atom. The van der Waals surface area contributed by atoms with E-state index in [1.807, 2.05) is 29.7 Å². The van der Waals surface area contributed by atoms with Crippen LogP contribution in [-0.2, 0) is 4.74 Å². The summed E-state index contributed by atoms with van der Waals surface area (Å²) in [5, 5.41) is 9.88. The fourth-order valence-corrected chi connectivity index (χ4v) is 2.24. The van der Waals surface area contributed by atoms with E-state index in [1.54, 1.807) is 19.9 Å². The highest BCUT2D eigenvalue weighted by molar-refractivity contribution is 5.92. The molecule has 4 nitrogen and oxygen atoms in total. The van der Waals surface area contributed by atoms with Crippen molar-refractivity contribution in [3.05, 3.63) is 41.2 Å². The quantitative estimate of drug-likeness (QED) is 0.848. The molecule has 2 heterocycles. The average molecular weight is 247 g/mol. The Labute approximate surface area is 106 Å². The van der Waals surface area contributed by atoms with Gasteiger partial charge < -0.3 is 14.2 Å². The Kier molecular flexibility index (Phi) is 3.39. The van der Waals surface area contributed by atoms with Crippen molar-refractivity contribution < 1.29 is 14.6 Å². The zero-order valence-corrected chi connectivity index (χ0v) is 10.8. The summed E-state index contributed by atoms with van der Waals surface area (Å²) >= 11 is 0. The summed E-state index contributed by atoms with van der Waals surface area (Å²) in [4.78, 5) is 11.9. The first-order valence-electron chi connectivity index (χ1n) is 6.02. The van der Waals surface area contributed by atoms with Gasteiger partial charge in [0.25, 0.3) is 0 Å². The average Bonchev–Trinajstić information content (AvgIpc) is 2.75. The number of aliphatic hydroxyl groups is 1. The summed E-state index contributed by atoms with van der Waals surface area (Å²) in [5.41, 5.74) is 2.87. The molecule has 0 saturated carbocycles. The number of pyridine rings is 1. The number of ether oxygens (including phenoxy) is 1. The number of carbonyl (C=O) groups is 1. The molecule has 2 aromatic heterocycles. The van der Waals surface area contributed by atoms with Gasteiger partial charge in [0.05, 0.1) is 24.0 Å². The molecule has 0 fully saturated rings. The Morgan fingerprint density at radius 1 is 1.56 bits per heavy atom. The van der Waals surface area contributed by atoms with Crippen molar-refractivity contribution in [1.82, 2.24) is 4.40 Å². The van der Waals surface area contributed by atoms with Crippen molar-refractivity contribution in [1.29, 1.82) is 0 Å². The van der Waals surface area contributed by atoms with E-state index in [9.17, 15) is 9.90 Å². The predicted molar refractivity (Wildman–Crippen MR) is 68.7 cm³/mol. The smallest absolute Gasteiger partial charge is 0.338 e. The number of hydrogen-bond donors (Lipinski definition) is 1. The second kappa shape index (κ2) is 4.82. The van der Waals surface area contributed by atoms with E-state index in [4.69, 9.17) is 4.74 Å². The van der Waals surface area contributed by atoms with Crippen LogP contribution in [0.25, 0.3) is 5.52 Å². The van der Waals surface area contributed by atoms with E-state index in [0.29, 0.717) is 12.2 Å². The highest BCUT2D eigenvalue weighted by Crippen LogP contribution is 2.24. The first-order chi connectivity index (χ1) is 8.56. The first kappa shape index (κ1) is 12.6. The van der Waals surface area contributed by atoms with Gasteiger partial charge in [-0.25, -0.2) is 4.79 Å². The standard InChI is InChI=1S/C14H17NO3/c1-4-18-14(17)12-8-11-6-5-7-15(11)13(9(12)2)10(3)16/h5-8,10,16H,4H2,1-3H3. The van der Waals surface area contributed by atoms with Crippen molar-refractivity contribution in [3.63, 3.8) is 0 Å². The Hall–Kier alpha value is -1.81. The number of rotatable bonds is 3. The number of aromatic nitrogens is 1. The van der Waals surface area contributed by atoms with E-state index in [0.717, 1.165) is 16.8 Å². The van der Waals surface area contributed by atoms with E-state index >= 15 is 0 Å². The van der Waals surface area contributed by atoms with Gasteiger partial charge in [-0.15, -0.1) is 0 Å². The van der Waals surface area contributed by atoms with Gasteiger partial charge in [-0.1, -0.05) is 0 Å². The Bertz CT molecular complexity index is 584. The molecule has 1 unspecified atom stereocenters.